The first-order chi connectivity index (χ1) is 12.4. The molecule has 3 amide bonds. The highest BCUT2D eigenvalue weighted by Gasteiger charge is 2.51. The molecule has 0 bridgehead atoms. The number of hydrogen-bond acceptors (Lipinski definition) is 4. The zero-order valence-corrected chi connectivity index (χ0v) is 15.0. The van der Waals surface area contributed by atoms with Gasteiger partial charge in [0.25, 0.3) is 5.91 Å². The molecule has 2 aromatic rings. The summed E-state index contributed by atoms with van der Waals surface area (Å²) in [6.07, 6.45) is 3.20. The Balaban J connectivity index is 1.67. The third kappa shape index (κ3) is 2.69. The summed E-state index contributed by atoms with van der Waals surface area (Å²) in [6.45, 7) is 4.16. The van der Waals surface area contributed by atoms with E-state index in [0.29, 0.717) is 29.9 Å². The van der Waals surface area contributed by atoms with E-state index in [4.69, 9.17) is 4.42 Å². The predicted molar refractivity (Wildman–Crippen MR) is 96.7 cm³/mol. The van der Waals surface area contributed by atoms with Crippen LogP contribution < -0.4 is 10.9 Å². The van der Waals surface area contributed by atoms with E-state index in [9.17, 15) is 14.4 Å². The second-order valence-electron chi connectivity index (χ2n) is 7.68. The fraction of sp³-hybridized carbons (Fsp3) is 0.450. The van der Waals surface area contributed by atoms with E-state index in [1.165, 1.54) is 11.0 Å². The van der Waals surface area contributed by atoms with Crippen molar-refractivity contribution in [3.05, 3.63) is 45.8 Å². The van der Waals surface area contributed by atoms with E-state index in [2.05, 4.69) is 12.2 Å². The summed E-state index contributed by atoms with van der Waals surface area (Å²) >= 11 is 0. The number of imide groups is 1. The number of aryl methyl sites for hydroxylation is 1. The van der Waals surface area contributed by atoms with Crippen LogP contribution >= 0.6 is 0 Å². The lowest BCUT2D eigenvalue weighted by atomic mass is 9.77. The number of benzene rings is 1. The Kier molecular flexibility index (Phi) is 3.86. The van der Waals surface area contributed by atoms with E-state index >= 15 is 0 Å². The van der Waals surface area contributed by atoms with Crippen LogP contribution in [0.3, 0.4) is 0 Å². The van der Waals surface area contributed by atoms with Gasteiger partial charge in [0.15, 0.2) is 0 Å². The lowest BCUT2D eigenvalue weighted by Gasteiger charge is -2.33. The Morgan fingerprint density at radius 1 is 1.19 bits per heavy atom. The van der Waals surface area contributed by atoms with Crippen LogP contribution in [0.2, 0.25) is 0 Å². The monoisotopic (exact) mass is 354 g/mol. The second kappa shape index (κ2) is 5.97. The Bertz CT molecular complexity index is 954. The number of nitrogens with one attached hydrogen (secondary N) is 1. The van der Waals surface area contributed by atoms with Crippen LogP contribution in [0.4, 0.5) is 4.79 Å². The second-order valence-corrected chi connectivity index (χ2v) is 7.68. The van der Waals surface area contributed by atoms with Crippen molar-refractivity contribution < 1.29 is 14.0 Å². The predicted octanol–water partition coefficient (Wildman–Crippen LogP) is 3.10. The molecule has 2 aliphatic rings. The standard InChI is InChI=1S/C20H22N2O4/c1-12-5-7-20(8-6-12)18(24)22(19(25)21-20)11-14-10-17(23)26-16-9-13(2)3-4-15(14)16/h3-4,9-10,12H,5-8,11H2,1-2H3,(H,21,25). The van der Waals surface area contributed by atoms with Gasteiger partial charge in [0, 0.05) is 11.5 Å². The van der Waals surface area contributed by atoms with Crippen molar-refractivity contribution in [1.82, 2.24) is 10.2 Å². The van der Waals surface area contributed by atoms with E-state index in [-0.39, 0.29) is 18.5 Å². The molecule has 1 saturated carbocycles. The molecule has 1 N–H and O–H groups in total. The van der Waals surface area contributed by atoms with Crippen molar-refractivity contribution in [2.75, 3.05) is 0 Å². The molecule has 1 aliphatic carbocycles. The molecule has 6 heteroatoms. The lowest BCUT2D eigenvalue weighted by Crippen LogP contribution is -2.49. The van der Waals surface area contributed by atoms with Crippen molar-refractivity contribution >= 4 is 22.9 Å². The molecule has 1 aromatic heterocycles. The van der Waals surface area contributed by atoms with Gasteiger partial charge in [-0.3, -0.25) is 9.69 Å². The Labute approximate surface area is 151 Å². The molecule has 0 radical (unpaired) electrons. The van der Waals surface area contributed by atoms with Crippen LogP contribution in [0.25, 0.3) is 11.0 Å². The van der Waals surface area contributed by atoms with E-state index < -0.39 is 11.2 Å². The maximum Gasteiger partial charge on any atom is 0.336 e. The first-order valence-electron chi connectivity index (χ1n) is 9.05. The number of hydrogen-bond donors (Lipinski definition) is 1. The molecular weight excluding hydrogens is 332 g/mol. The highest BCUT2D eigenvalue weighted by Crippen LogP contribution is 2.37. The lowest BCUT2D eigenvalue weighted by molar-refractivity contribution is -0.133. The van der Waals surface area contributed by atoms with Crippen LogP contribution in [-0.4, -0.2) is 22.4 Å². The quantitative estimate of drug-likeness (QED) is 0.664. The molecule has 4 rings (SSSR count). The van der Waals surface area contributed by atoms with Gasteiger partial charge >= 0.3 is 11.7 Å². The van der Waals surface area contributed by atoms with Crippen LogP contribution in [0, 0.1) is 12.8 Å². The third-order valence-electron chi connectivity index (χ3n) is 5.69. The normalized spacial score (nSPS) is 25.9. The molecule has 2 fully saturated rings. The minimum absolute atomic E-state index is 0.0765. The summed E-state index contributed by atoms with van der Waals surface area (Å²) in [6, 6.07) is 6.56. The molecule has 1 saturated heterocycles. The van der Waals surface area contributed by atoms with Gasteiger partial charge in [0.1, 0.15) is 11.1 Å². The minimum atomic E-state index is -0.768. The van der Waals surface area contributed by atoms with Gasteiger partial charge in [-0.25, -0.2) is 9.59 Å². The van der Waals surface area contributed by atoms with Crippen molar-refractivity contribution in [2.45, 2.75) is 51.6 Å². The third-order valence-corrected chi connectivity index (χ3v) is 5.69. The highest BCUT2D eigenvalue weighted by molar-refractivity contribution is 6.07. The van der Waals surface area contributed by atoms with Gasteiger partial charge in [-0.1, -0.05) is 19.1 Å². The maximum absolute atomic E-state index is 13.0. The summed E-state index contributed by atoms with van der Waals surface area (Å²) in [5.74, 6) is 0.396. The highest BCUT2D eigenvalue weighted by atomic mass is 16.4. The molecule has 2 heterocycles. The number of urea groups is 1. The van der Waals surface area contributed by atoms with Crippen LogP contribution in [0.15, 0.2) is 33.5 Å². The summed E-state index contributed by atoms with van der Waals surface area (Å²) in [7, 11) is 0. The first kappa shape index (κ1) is 16.8. The Hall–Kier alpha value is -2.63. The van der Waals surface area contributed by atoms with E-state index in [1.807, 2.05) is 19.1 Å². The van der Waals surface area contributed by atoms with Crippen molar-refractivity contribution in [3.8, 4) is 0 Å². The van der Waals surface area contributed by atoms with Gasteiger partial charge in [0.2, 0.25) is 0 Å². The topological polar surface area (TPSA) is 79.6 Å². The van der Waals surface area contributed by atoms with E-state index in [1.54, 1.807) is 6.07 Å². The molecule has 26 heavy (non-hydrogen) atoms. The number of nitrogens with zero attached hydrogens (tertiary/aromatic N) is 1. The largest absolute Gasteiger partial charge is 0.423 e. The first-order valence-corrected chi connectivity index (χ1v) is 9.05. The van der Waals surface area contributed by atoms with Crippen molar-refractivity contribution in [3.63, 3.8) is 0 Å². The van der Waals surface area contributed by atoms with Gasteiger partial charge in [0.05, 0.1) is 6.54 Å². The van der Waals surface area contributed by atoms with Gasteiger partial charge < -0.3 is 9.73 Å². The number of amides is 3. The Morgan fingerprint density at radius 2 is 1.92 bits per heavy atom. The van der Waals surface area contributed by atoms with E-state index in [0.717, 1.165) is 23.8 Å². The average Bonchev–Trinajstić information content (AvgIpc) is 2.81. The number of carbonyl (C=O) groups excluding carboxylic acids is 2. The fourth-order valence-corrected chi connectivity index (χ4v) is 4.05. The van der Waals surface area contributed by atoms with Crippen LogP contribution in [0.1, 0.15) is 43.7 Å². The molecule has 0 atom stereocenters. The Morgan fingerprint density at radius 3 is 2.65 bits per heavy atom. The van der Waals surface area contributed by atoms with Gasteiger partial charge in [-0.15, -0.1) is 0 Å². The zero-order chi connectivity index (χ0) is 18.5. The zero-order valence-electron chi connectivity index (χ0n) is 15.0. The molecule has 1 aliphatic heterocycles. The summed E-state index contributed by atoms with van der Waals surface area (Å²) < 4.78 is 5.26. The summed E-state index contributed by atoms with van der Waals surface area (Å²) in [5, 5.41) is 3.66. The maximum atomic E-state index is 13.0. The average molecular weight is 354 g/mol. The summed E-state index contributed by atoms with van der Waals surface area (Å²) in [4.78, 5) is 38.7. The number of carbonyl (C=O) groups is 2. The molecule has 1 spiro atoms. The molecule has 136 valence electrons. The SMILES string of the molecule is Cc1ccc2c(CN3C(=O)NC4(CCC(C)CC4)C3=O)cc(=O)oc2c1. The van der Waals surface area contributed by atoms with Crippen molar-refractivity contribution in [2.24, 2.45) is 5.92 Å². The molecule has 1 aromatic carbocycles. The van der Waals surface area contributed by atoms with Gasteiger partial charge in [-0.05, 0) is 55.7 Å². The number of fused-ring (bicyclic) bond motifs is 1. The molecule has 0 unspecified atom stereocenters. The van der Waals surface area contributed by atoms with Crippen LogP contribution in [0.5, 0.6) is 0 Å². The smallest absolute Gasteiger partial charge is 0.336 e. The van der Waals surface area contributed by atoms with Crippen LogP contribution in [-0.2, 0) is 11.3 Å². The van der Waals surface area contributed by atoms with Gasteiger partial charge in [-0.2, -0.15) is 0 Å². The molecule has 6 nitrogen and oxygen atoms in total. The molecular formula is C20H22N2O4. The summed E-state index contributed by atoms with van der Waals surface area (Å²) in [5.41, 5.74) is 0.825. The fourth-order valence-electron chi connectivity index (χ4n) is 4.05. The van der Waals surface area contributed by atoms with Crippen molar-refractivity contribution in [1.29, 1.82) is 0 Å². The number of rotatable bonds is 2. The minimum Gasteiger partial charge on any atom is -0.423 e.